The number of rotatable bonds is 5. The maximum absolute atomic E-state index is 12.8. The predicted octanol–water partition coefficient (Wildman–Crippen LogP) is 1.61. The Bertz CT molecular complexity index is 797. The summed E-state index contributed by atoms with van der Waals surface area (Å²) < 4.78 is 5.08. The summed E-state index contributed by atoms with van der Waals surface area (Å²) >= 11 is 0. The van der Waals surface area contributed by atoms with Crippen LogP contribution in [0.5, 0.6) is 0 Å². The van der Waals surface area contributed by atoms with Crippen molar-refractivity contribution in [1.82, 2.24) is 15.5 Å². The monoisotopic (exact) mass is 389 g/mol. The van der Waals surface area contributed by atoms with E-state index in [1.807, 2.05) is 19.1 Å². The van der Waals surface area contributed by atoms with Gasteiger partial charge in [-0.1, -0.05) is 29.8 Å². The number of ether oxygens (including phenoxy) is 1. The number of esters is 1. The van der Waals surface area contributed by atoms with Crippen LogP contribution in [0.15, 0.2) is 24.3 Å². The molecule has 0 spiro atoms. The van der Waals surface area contributed by atoms with Crippen LogP contribution in [0.2, 0.25) is 0 Å². The maximum atomic E-state index is 12.8. The molecule has 8 heteroatoms. The molecule has 1 aliphatic heterocycles. The quantitative estimate of drug-likeness (QED) is 0.588. The third-order valence-corrected chi connectivity index (χ3v) is 4.37. The molecule has 0 saturated carbocycles. The van der Waals surface area contributed by atoms with Crippen LogP contribution in [0.25, 0.3) is 0 Å². The number of nitrogens with one attached hydrogen (secondary N) is 2. The molecule has 28 heavy (non-hydrogen) atoms. The molecule has 0 unspecified atom stereocenters. The van der Waals surface area contributed by atoms with Crippen LogP contribution in [-0.4, -0.2) is 46.9 Å². The van der Waals surface area contributed by atoms with Crippen LogP contribution in [-0.2, 0) is 24.7 Å². The highest BCUT2D eigenvalue weighted by atomic mass is 16.5. The second kappa shape index (κ2) is 7.61. The molecule has 2 atom stereocenters. The Balaban J connectivity index is 2.05. The minimum atomic E-state index is -1.26. The van der Waals surface area contributed by atoms with Gasteiger partial charge in [0.25, 0.3) is 11.8 Å². The van der Waals surface area contributed by atoms with Crippen molar-refractivity contribution in [2.75, 3.05) is 6.54 Å². The summed E-state index contributed by atoms with van der Waals surface area (Å²) in [6.07, 6.45) is -1.05. The fraction of sp³-hybridized carbons (Fsp3) is 0.500. The minimum absolute atomic E-state index is 0.456. The van der Waals surface area contributed by atoms with Crippen molar-refractivity contribution in [3.8, 4) is 0 Å². The van der Waals surface area contributed by atoms with E-state index in [0.29, 0.717) is 5.56 Å². The van der Waals surface area contributed by atoms with Gasteiger partial charge < -0.3 is 15.4 Å². The average molecular weight is 389 g/mol. The van der Waals surface area contributed by atoms with Crippen molar-refractivity contribution in [1.29, 1.82) is 0 Å². The molecular formula is C20H27N3O5. The van der Waals surface area contributed by atoms with Gasteiger partial charge in [-0.25, -0.2) is 4.79 Å². The van der Waals surface area contributed by atoms with Crippen molar-refractivity contribution in [3.63, 3.8) is 0 Å². The first-order valence-electron chi connectivity index (χ1n) is 9.06. The van der Waals surface area contributed by atoms with Crippen molar-refractivity contribution in [2.45, 2.75) is 58.7 Å². The molecule has 1 aliphatic rings. The number of urea groups is 1. The lowest BCUT2D eigenvalue weighted by Crippen LogP contribution is -2.47. The van der Waals surface area contributed by atoms with E-state index < -0.39 is 47.5 Å². The number of aryl methyl sites for hydroxylation is 1. The lowest BCUT2D eigenvalue weighted by Gasteiger charge is -2.24. The second-order valence-corrected chi connectivity index (χ2v) is 8.18. The van der Waals surface area contributed by atoms with Gasteiger partial charge in [-0.15, -0.1) is 0 Å². The number of carbonyl (C=O) groups is 4. The molecule has 0 bridgehead atoms. The standard InChI is InChI=1S/C20H27N3O5/c1-12-7-9-14(10-8-12)20(6)17(26)23(18(27)22-20)11-15(24)28-13(2)16(25)21-19(3,4)5/h7-10,13H,11H2,1-6H3,(H,21,25)(H,22,27)/t13-,20+/m0/s1. The number of benzene rings is 1. The molecule has 1 aromatic rings. The van der Waals surface area contributed by atoms with Crippen LogP contribution in [0.4, 0.5) is 4.79 Å². The molecule has 0 radical (unpaired) electrons. The maximum Gasteiger partial charge on any atom is 0.327 e. The molecule has 0 aromatic heterocycles. The molecule has 8 nitrogen and oxygen atoms in total. The van der Waals surface area contributed by atoms with Crippen molar-refractivity contribution in [3.05, 3.63) is 35.4 Å². The molecule has 0 aliphatic carbocycles. The fourth-order valence-corrected chi connectivity index (χ4v) is 2.81. The van der Waals surface area contributed by atoms with Crippen molar-refractivity contribution >= 4 is 23.8 Å². The highest BCUT2D eigenvalue weighted by Gasteiger charge is 2.49. The Hall–Kier alpha value is -2.90. The van der Waals surface area contributed by atoms with E-state index in [0.717, 1.165) is 10.5 Å². The second-order valence-electron chi connectivity index (χ2n) is 8.18. The molecule has 2 N–H and O–H groups in total. The highest BCUT2D eigenvalue weighted by Crippen LogP contribution is 2.28. The van der Waals surface area contributed by atoms with Crippen molar-refractivity contribution < 1.29 is 23.9 Å². The molecular weight excluding hydrogens is 362 g/mol. The SMILES string of the molecule is Cc1ccc([C@@]2(C)NC(=O)N(CC(=O)O[C@@H](C)C(=O)NC(C)(C)C)C2=O)cc1. The molecule has 1 saturated heterocycles. The first-order valence-corrected chi connectivity index (χ1v) is 9.06. The number of amides is 4. The number of carbonyl (C=O) groups excluding carboxylic acids is 4. The van der Waals surface area contributed by atoms with Gasteiger partial charge >= 0.3 is 12.0 Å². The average Bonchev–Trinajstić information content (AvgIpc) is 2.78. The van der Waals surface area contributed by atoms with Crippen LogP contribution in [0, 0.1) is 6.92 Å². The van der Waals surface area contributed by atoms with Crippen LogP contribution < -0.4 is 10.6 Å². The summed E-state index contributed by atoms with van der Waals surface area (Å²) in [5, 5.41) is 5.33. The van der Waals surface area contributed by atoms with E-state index in [1.165, 1.54) is 6.92 Å². The van der Waals surface area contributed by atoms with Crippen molar-refractivity contribution in [2.24, 2.45) is 0 Å². The third kappa shape index (κ3) is 4.68. The van der Waals surface area contributed by atoms with Gasteiger partial charge in [0.15, 0.2) is 6.10 Å². The van der Waals surface area contributed by atoms with Gasteiger partial charge in [-0.05, 0) is 47.1 Å². The predicted molar refractivity (Wildman–Crippen MR) is 102 cm³/mol. The zero-order valence-corrected chi connectivity index (χ0v) is 17.1. The zero-order valence-electron chi connectivity index (χ0n) is 17.1. The summed E-state index contributed by atoms with van der Waals surface area (Å²) in [7, 11) is 0. The first kappa shape index (κ1) is 21.4. The summed E-state index contributed by atoms with van der Waals surface area (Å²) in [5.41, 5.74) is -0.101. The first-order chi connectivity index (χ1) is 12.8. The Kier molecular flexibility index (Phi) is 5.82. The Morgan fingerprint density at radius 2 is 1.79 bits per heavy atom. The molecule has 1 aromatic carbocycles. The molecule has 4 amide bonds. The van der Waals surface area contributed by atoms with Gasteiger partial charge in [-0.3, -0.25) is 19.3 Å². The van der Waals surface area contributed by atoms with Crippen LogP contribution >= 0.6 is 0 Å². The van der Waals surface area contributed by atoms with E-state index in [9.17, 15) is 19.2 Å². The van der Waals surface area contributed by atoms with Gasteiger partial charge in [0.05, 0.1) is 0 Å². The number of imide groups is 1. The van der Waals surface area contributed by atoms with Gasteiger partial charge in [0.2, 0.25) is 0 Å². The summed E-state index contributed by atoms with van der Waals surface area (Å²) in [4.78, 5) is 50.1. The zero-order chi connectivity index (χ0) is 21.3. The lowest BCUT2D eigenvalue weighted by molar-refractivity contribution is -0.157. The van der Waals surface area contributed by atoms with E-state index in [2.05, 4.69) is 10.6 Å². The van der Waals surface area contributed by atoms with E-state index in [4.69, 9.17) is 4.74 Å². The Morgan fingerprint density at radius 1 is 1.21 bits per heavy atom. The fourth-order valence-electron chi connectivity index (χ4n) is 2.81. The van der Waals surface area contributed by atoms with Gasteiger partial charge in [0, 0.05) is 5.54 Å². The normalized spacial score (nSPS) is 20.6. The molecule has 1 fully saturated rings. The van der Waals surface area contributed by atoms with Crippen LogP contribution in [0.3, 0.4) is 0 Å². The van der Waals surface area contributed by atoms with Gasteiger partial charge in [0.1, 0.15) is 12.1 Å². The largest absolute Gasteiger partial charge is 0.451 e. The van der Waals surface area contributed by atoms with E-state index >= 15 is 0 Å². The summed E-state index contributed by atoms with van der Waals surface area (Å²) in [5.74, 6) is -1.85. The molecule has 1 heterocycles. The molecule has 152 valence electrons. The van der Waals surface area contributed by atoms with Crippen LogP contribution in [0.1, 0.15) is 45.7 Å². The summed E-state index contributed by atoms with van der Waals surface area (Å²) in [6, 6.07) is 6.51. The minimum Gasteiger partial charge on any atom is -0.451 e. The smallest absolute Gasteiger partial charge is 0.327 e. The number of nitrogens with zero attached hydrogens (tertiary/aromatic N) is 1. The Morgan fingerprint density at radius 3 is 2.32 bits per heavy atom. The lowest BCUT2D eigenvalue weighted by atomic mass is 9.91. The third-order valence-electron chi connectivity index (χ3n) is 4.37. The van der Waals surface area contributed by atoms with Gasteiger partial charge in [-0.2, -0.15) is 0 Å². The number of hydrogen-bond donors (Lipinski definition) is 2. The van der Waals surface area contributed by atoms with E-state index in [1.54, 1.807) is 39.8 Å². The molecule has 2 rings (SSSR count). The van der Waals surface area contributed by atoms with E-state index in [-0.39, 0.29) is 0 Å². The Labute approximate surface area is 164 Å². The number of hydrogen-bond acceptors (Lipinski definition) is 5. The highest BCUT2D eigenvalue weighted by molar-refractivity contribution is 6.08. The topological polar surface area (TPSA) is 105 Å². The summed E-state index contributed by atoms with van der Waals surface area (Å²) in [6.45, 7) is 9.78.